The number of halogens is 6. The van der Waals surface area contributed by atoms with Gasteiger partial charge in [0.1, 0.15) is 12.1 Å². The second-order valence-corrected chi connectivity index (χ2v) is 4.61. The summed E-state index contributed by atoms with van der Waals surface area (Å²) in [6.07, 6.45) is -10.1. The monoisotopic (exact) mass is 349 g/mol. The maximum absolute atomic E-state index is 13.1. The third kappa shape index (κ3) is 4.29. The standard InChI is InChI=1S/C13H9F6N5/c1-24(2)11-9(12(14,15)16)3-7(4-10(11)13(17,18)19)22-23-8(5-20)6-21/h3-4,22H,1-2H3. The van der Waals surface area contributed by atoms with Gasteiger partial charge in [-0.1, -0.05) is 0 Å². The van der Waals surface area contributed by atoms with Crippen LogP contribution in [0.3, 0.4) is 0 Å². The lowest BCUT2D eigenvalue weighted by atomic mass is 10.0. The van der Waals surface area contributed by atoms with E-state index >= 15 is 0 Å². The number of alkyl halides is 6. The minimum atomic E-state index is -5.06. The Morgan fingerprint density at radius 3 is 1.71 bits per heavy atom. The molecular formula is C13H9F6N5. The number of nitriles is 2. The van der Waals surface area contributed by atoms with Crippen molar-refractivity contribution in [1.82, 2.24) is 0 Å². The summed E-state index contributed by atoms with van der Waals surface area (Å²) >= 11 is 0. The molecular weight excluding hydrogens is 340 g/mol. The number of rotatable bonds is 3. The molecule has 0 aliphatic heterocycles. The van der Waals surface area contributed by atoms with E-state index in [1.54, 1.807) is 0 Å². The summed E-state index contributed by atoms with van der Waals surface area (Å²) in [6, 6.07) is 3.46. The Bertz CT molecular complexity index is 682. The molecule has 0 spiro atoms. The number of nitrogens with zero attached hydrogens (tertiary/aromatic N) is 4. The lowest BCUT2D eigenvalue weighted by Crippen LogP contribution is -2.22. The molecule has 0 heterocycles. The fourth-order valence-electron chi connectivity index (χ4n) is 1.81. The van der Waals surface area contributed by atoms with Gasteiger partial charge in [0, 0.05) is 14.1 Å². The van der Waals surface area contributed by atoms with E-state index in [-0.39, 0.29) is 0 Å². The van der Waals surface area contributed by atoms with Gasteiger partial charge in [-0.05, 0) is 12.1 Å². The predicted octanol–water partition coefficient (Wildman–Crippen LogP) is 3.61. The van der Waals surface area contributed by atoms with Gasteiger partial charge in [-0.3, -0.25) is 5.43 Å². The second kappa shape index (κ2) is 6.66. The highest BCUT2D eigenvalue weighted by Crippen LogP contribution is 2.45. The van der Waals surface area contributed by atoms with Crippen molar-refractivity contribution in [2.24, 2.45) is 5.10 Å². The molecule has 0 atom stereocenters. The number of anilines is 2. The van der Waals surface area contributed by atoms with Gasteiger partial charge < -0.3 is 4.90 Å². The van der Waals surface area contributed by atoms with Crippen molar-refractivity contribution in [1.29, 1.82) is 10.5 Å². The number of nitrogens with one attached hydrogen (secondary N) is 1. The second-order valence-electron chi connectivity index (χ2n) is 4.61. The molecule has 0 aromatic heterocycles. The van der Waals surface area contributed by atoms with E-state index in [1.807, 2.05) is 5.43 Å². The molecule has 0 unspecified atom stereocenters. The first-order valence-corrected chi connectivity index (χ1v) is 6.05. The highest BCUT2D eigenvalue weighted by atomic mass is 19.4. The van der Waals surface area contributed by atoms with Crippen molar-refractivity contribution in [2.45, 2.75) is 12.4 Å². The quantitative estimate of drug-likeness (QED) is 0.514. The maximum Gasteiger partial charge on any atom is 0.418 e. The molecule has 0 amide bonds. The fraction of sp³-hybridized carbons (Fsp3) is 0.308. The van der Waals surface area contributed by atoms with Crippen molar-refractivity contribution < 1.29 is 26.3 Å². The Labute approximate surface area is 132 Å². The lowest BCUT2D eigenvalue weighted by Gasteiger charge is -2.25. The minimum absolute atomic E-state index is 0.417. The van der Waals surface area contributed by atoms with E-state index in [4.69, 9.17) is 10.5 Å². The topological polar surface area (TPSA) is 75.2 Å². The zero-order valence-electron chi connectivity index (χ0n) is 12.2. The van der Waals surface area contributed by atoms with Crippen LogP contribution in [0.2, 0.25) is 0 Å². The highest BCUT2D eigenvalue weighted by molar-refractivity contribution is 6.10. The first-order chi connectivity index (χ1) is 10.9. The smallest absolute Gasteiger partial charge is 0.377 e. The summed E-state index contributed by atoms with van der Waals surface area (Å²) < 4.78 is 78.8. The number of hydrogen-bond donors (Lipinski definition) is 1. The van der Waals surface area contributed by atoms with Crippen molar-refractivity contribution in [3.8, 4) is 12.1 Å². The van der Waals surface area contributed by atoms with Crippen LogP contribution in [0.25, 0.3) is 0 Å². The zero-order chi connectivity index (χ0) is 18.7. The van der Waals surface area contributed by atoms with E-state index in [2.05, 4.69) is 5.10 Å². The van der Waals surface area contributed by atoms with Crippen molar-refractivity contribution in [3.05, 3.63) is 23.3 Å². The van der Waals surface area contributed by atoms with E-state index in [0.29, 0.717) is 17.0 Å². The van der Waals surface area contributed by atoms with Crippen LogP contribution in [0, 0.1) is 22.7 Å². The Morgan fingerprint density at radius 1 is 1.00 bits per heavy atom. The summed E-state index contributed by atoms with van der Waals surface area (Å²) in [7, 11) is 2.10. The van der Waals surface area contributed by atoms with Crippen molar-refractivity contribution in [3.63, 3.8) is 0 Å². The Kier molecular flexibility index (Phi) is 5.30. The largest absolute Gasteiger partial charge is 0.418 e. The lowest BCUT2D eigenvalue weighted by molar-refractivity contribution is -0.142. The zero-order valence-corrected chi connectivity index (χ0v) is 12.2. The predicted molar refractivity (Wildman–Crippen MR) is 73.1 cm³/mol. The van der Waals surface area contributed by atoms with Gasteiger partial charge in [0.15, 0.2) is 0 Å². The van der Waals surface area contributed by atoms with Crippen LogP contribution >= 0.6 is 0 Å². The van der Waals surface area contributed by atoms with Crippen LogP contribution in [0.1, 0.15) is 11.1 Å². The summed E-state index contributed by atoms with van der Waals surface area (Å²) in [5.41, 5.74) is -3.67. The summed E-state index contributed by atoms with van der Waals surface area (Å²) in [5.74, 6) is 0. The number of hydrogen-bond acceptors (Lipinski definition) is 5. The highest BCUT2D eigenvalue weighted by Gasteiger charge is 2.42. The first-order valence-electron chi connectivity index (χ1n) is 6.05. The van der Waals surface area contributed by atoms with E-state index < -0.39 is 40.6 Å². The molecule has 5 nitrogen and oxygen atoms in total. The van der Waals surface area contributed by atoms with Gasteiger partial charge >= 0.3 is 12.4 Å². The van der Waals surface area contributed by atoms with Crippen LogP contribution in [-0.4, -0.2) is 19.8 Å². The molecule has 1 aromatic rings. The van der Waals surface area contributed by atoms with Crippen LogP contribution in [0.5, 0.6) is 0 Å². The average molecular weight is 349 g/mol. The van der Waals surface area contributed by atoms with Crippen LogP contribution in [0.15, 0.2) is 17.2 Å². The molecule has 1 rings (SSSR count). The summed E-state index contributed by atoms with van der Waals surface area (Å²) in [4.78, 5) is 0.703. The van der Waals surface area contributed by atoms with Crippen molar-refractivity contribution >= 4 is 17.1 Å². The molecule has 128 valence electrons. The molecule has 0 aliphatic carbocycles. The molecule has 24 heavy (non-hydrogen) atoms. The first kappa shape index (κ1) is 19.1. The summed E-state index contributed by atoms with van der Waals surface area (Å²) in [6.45, 7) is 0. The summed E-state index contributed by atoms with van der Waals surface area (Å²) in [5, 5.41) is 20.1. The van der Waals surface area contributed by atoms with Gasteiger partial charge in [0.25, 0.3) is 0 Å². The van der Waals surface area contributed by atoms with E-state index in [9.17, 15) is 26.3 Å². The molecule has 11 heteroatoms. The molecule has 0 bridgehead atoms. The Balaban J connectivity index is 3.65. The normalized spacial score (nSPS) is 11.2. The van der Waals surface area contributed by atoms with Gasteiger partial charge in [-0.2, -0.15) is 42.0 Å². The van der Waals surface area contributed by atoms with E-state index in [0.717, 1.165) is 14.1 Å². The number of benzene rings is 1. The van der Waals surface area contributed by atoms with Gasteiger partial charge in [0.2, 0.25) is 5.71 Å². The SMILES string of the molecule is CN(C)c1c(C(F)(F)F)cc(NN=C(C#N)C#N)cc1C(F)(F)F. The molecule has 0 fully saturated rings. The van der Waals surface area contributed by atoms with Crippen molar-refractivity contribution in [2.75, 3.05) is 24.4 Å². The Hall–Kier alpha value is -2.95. The van der Waals surface area contributed by atoms with Crippen LogP contribution in [-0.2, 0) is 12.4 Å². The molecule has 0 saturated heterocycles. The molecule has 0 saturated carbocycles. The van der Waals surface area contributed by atoms with Crippen LogP contribution < -0.4 is 10.3 Å². The molecule has 1 N–H and O–H groups in total. The molecule has 0 radical (unpaired) electrons. The van der Waals surface area contributed by atoms with Crippen LogP contribution in [0.4, 0.5) is 37.7 Å². The Morgan fingerprint density at radius 2 is 1.42 bits per heavy atom. The van der Waals surface area contributed by atoms with Gasteiger partial charge in [0.05, 0.1) is 22.5 Å². The molecule has 0 aliphatic rings. The average Bonchev–Trinajstić information content (AvgIpc) is 2.45. The third-order valence-electron chi connectivity index (χ3n) is 2.68. The minimum Gasteiger partial charge on any atom is -0.377 e. The van der Waals surface area contributed by atoms with Gasteiger partial charge in [-0.15, -0.1) is 0 Å². The maximum atomic E-state index is 13.1. The fourth-order valence-corrected chi connectivity index (χ4v) is 1.81. The third-order valence-corrected chi connectivity index (χ3v) is 2.68. The number of hydrazone groups is 1. The molecule has 1 aromatic carbocycles. The van der Waals surface area contributed by atoms with Gasteiger partial charge in [-0.25, -0.2) is 0 Å². The van der Waals surface area contributed by atoms with E-state index in [1.165, 1.54) is 12.1 Å².